The van der Waals surface area contributed by atoms with E-state index in [1.165, 1.54) is 0 Å². The SMILES string of the molecule is CCOC(=O)c1ccc(NC(=O)C2(c3c[nH]c4ccc(OC)cc34)CC2)cc1. The van der Waals surface area contributed by atoms with Crippen molar-refractivity contribution in [2.45, 2.75) is 25.2 Å². The van der Waals surface area contributed by atoms with Crippen molar-refractivity contribution in [1.29, 1.82) is 0 Å². The smallest absolute Gasteiger partial charge is 0.338 e. The van der Waals surface area contributed by atoms with Gasteiger partial charge in [-0.1, -0.05) is 0 Å². The van der Waals surface area contributed by atoms with Gasteiger partial charge < -0.3 is 19.8 Å². The van der Waals surface area contributed by atoms with Crippen LogP contribution in [-0.4, -0.2) is 30.6 Å². The number of rotatable bonds is 6. The van der Waals surface area contributed by atoms with Gasteiger partial charge >= 0.3 is 5.97 Å². The zero-order chi connectivity index (χ0) is 19.7. The Balaban J connectivity index is 1.56. The highest BCUT2D eigenvalue weighted by Crippen LogP contribution is 2.51. The van der Waals surface area contributed by atoms with Crippen LogP contribution in [0.2, 0.25) is 0 Å². The number of esters is 1. The number of hydrogen-bond donors (Lipinski definition) is 2. The summed E-state index contributed by atoms with van der Waals surface area (Å²) in [6, 6.07) is 12.6. The van der Waals surface area contributed by atoms with Crippen molar-refractivity contribution in [3.05, 3.63) is 59.8 Å². The quantitative estimate of drug-likeness (QED) is 0.635. The van der Waals surface area contributed by atoms with Gasteiger partial charge in [0.05, 0.1) is 24.7 Å². The Labute approximate surface area is 162 Å². The van der Waals surface area contributed by atoms with E-state index in [1.54, 1.807) is 38.3 Å². The van der Waals surface area contributed by atoms with E-state index >= 15 is 0 Å². The summed E-state index contributed by atoms with van der Waals surface area (Å²) in [6.45, 7) is 2.09. The third-order valence-electron chi connectivity index (χ3n) is 5.24. The molecule has 28 heavy (non-hydrogen) atoms. The Bertz CT molecular complexity index is 1030. The lowest BCUT2D eigenvalue weighted by Crippen LogP contribution is -2.27. The molecule has 2 N–H and O–H groups in total. The van der Waals surface area contributed by atoms with E-state index < -0.39 is 5.41 Å². The molecule has 6 nitrogen and oxygen atoms in total. The number of ether oxygens (including phenoxy) is 2. The first-order valence-corrected chi connectivity index (χ1v) is 9.31. The van der Waals surface area contributed by atoms with Crippen LogP contribution >= 0.6 is 0 Å². The number of aromatic nitrogens is 1. The Morgan fingerprint density at radius 3 is 2.54 bits per heavy atom. The van der Waals surface area contributed by atoms with Crippen LogP contribution in [0, 0.1) is 0 Å². The molecule has 1 aromatic heterocycles. The lowest BCUT2D eigenvalue weighted by atomic mass is 9.94. The molecule has 0 radical (unpaired) electrons. The number of anilines is 1. The number of benzene rings is 2. The van der Waals surface area contributed by atoms with E-state index in [2.05, 4.69) is 10.3 Å². The van der Waals surface area contributed by atoms with Gasteiger partial charge in [0.25, 0.3) is 0 Å². The fraction of sp³-hybridized carbons (Fsp3) is 0.273. The molecule has 1 aliphatic carbocycles. The van der Waals surface area contributed by atoms with E-state index in [4.69, 9.17) is 9.47 Å². The van der Waals surface area contributed by atoms with Gasteiger partial charge in [0.1, 0.15) is 5.75 Å². The van der Waals surface area contributed by atoms with Crippen molar-refractivity contribution in [2.75, 3.05) is 19.0 Å². The van der Waals surface area contributed by atoms with Gasteiger partial charge in [0.2, 0.25) is 5.91 Å². The number of nitrogens with one attached hydrogen (secondary N) is 2. The predicted molar refractivity (Wildman–Crippen MR) is 107 cm³/mol. The maximum absolute atomic E-state index is 13.1. The highest BCUT2D eigenvalue weighted by Gasteiger charge is 2.52. The second-order valence-corrected chi connectivity index (χ2v) is 6.95. The zero-order valence-corrected chi connectivity index (χ0v) is 15.9. The molecule has 1 fully saturated rings. The molecule has 0 bridgehead atoms. The summed E-state index contributed by atoms with van der Waals surface area (Å²) in [5.41, 5.74) is 2.55. The molecule has 4 rings (SSSR count). The second kappa shape index (κ2) is 7.03. The number of methoxy groups -OCH3 is 1. The molecule has 0 spiro atoms. The minimum absolute atomic E-state index is 0.0416. The van der Waals surface area contributed by atoms with E-state index in [0.717, 1.165) is 35.1 Å². The van der Waals surface area contributed by atoms with Crippen molar-refractivity contribution in [1.82, 2.24) is 4.98 Å². The van der Waals surface area contributed by atoms with Gasteiger partial charge in [-0.25, -0.2) is 4.79 Å². The molecule has 0 aliphatic heterocycles. The van der Waals surface area contributed by atoms with Crippen molar-refractivity contribution >= 4 is 28.5 Å². The first kappa shape index (κ1) is 18.1. The van der Waals surface area contributed by atoms with Crippen molar-refractivity contribution < 1.29 is 19.1 Å². The minimum atomic E-state index is -0.537. The lowest BCUT2D eigenvalue weighted by Gasteiger charge is -2.15. The van der Waals surface area contributed by atoms with Gasteiger partial charge in [-0.05, 0) is 67.8 Å². The van der Waals surface area contributed by atoms with Crippen LogP contribution in [0.25, 0.3) is 10.9 Å². The Hall–Kier alpha value is -3.28. The third kappa shape index (κ3) is 3.11. The maximum Gasteiger partial charge on any atom is 0.338 e. The average Bonchev–Trinajstić information content (AvgIpc) is 3.41. The minimum Gasteiger partial charge on any atom is -0.497 e. The average molecular weight is 378 g/mol. The number of aromatic amines is 1. The highest BCUT2D eigenvalue weighted by molar-refractivity contribution is 6.05. The molecule has 0 unspecified atom stereocenters. The summed E-state index contributed by atoms with van der Waals surface area (Å²) in [7, 11) is 1.63. The van der Waals surface area contributed by atoms with Gasteiger partial charge in [0, 0.05) is 22.8 Å². The van der Waals surface area contributed by atoms with Crippen molar-refractivity contribution in [3.63, 3.8) is 0 Å². The second-order valence-electron chi connectivity index (χ2n) is 6.95. The molecule has 3 aromatic rings. The Morgan fingerprint density at radius 1 is 1.14 bits per heavy atom. The van der Waals surface area contributed by atoms with Gasteiger partial charge in [-0.3, -0.25) is 4.79 Å². The van der Waals surface area contributed by atoms with Crippen molar-refractivity contribution in [3.8, 4) is 5.75 Å². The summed E-state index contributed by atoms with van der Waals surface area (Å²) in [6.07, 6.45) is 3.51. The standard InChI is InChI=1S/C22H22N2O4/c1-3-28-20(25)14-4-6-15(7-5-14)24-21(26)22(10-11-22)18-13-23-19-9-8-16(27-2)12-17(18)19/h4-9,12-13,23H,3,10-11H2,1-2H3,(H,24,26). The van der Waals surface area contributed by atoms with Crippen LogP contribution in [-0.2, 0) is 14.9 Å². The fourth-order valence-corrected chi connectivity index (χ4v) is 3.52. The molecule has 1 saturated carbocycles. The van der Waals surface area contributed by atoms with Gasteiger partial charge in [0.15, 0.2) is 0 Å². The molecule has 0 saturated heterocycles. The van der Waals surface area contributed by atoms with Crippen LogP contribution in [0.3, 0.4) is 0 Å². The summed E-state index contributed by atoms with van der Waals surface area (Å²) < 4.78 is 10.3. The monoisotopic (exact) mass is 378 g/mol. The molecule has 144 valence electrons. The largest absolute Gasteiger partial charge is 0.497 e. The van der Waals surface area contributed by atoms with E-state index in [0.29, 0.717) is 17.9 Å². The molecule has 2 aromatic carbocycles. The van der Waals surface area contributed by atoms with Gasteiger partial charge in [-0.2, -0.15) is 0 Å². The first-order valence-electron chi connectivity index (χ1n) is 9.31. The number of H-pyrrole nitrogens is 1. The Morgan fingerprint density at radius 2 is 1.89 bits per heavy atom. The highest BCUT2D eigenvalue weighted by atomic mass is 16.5. The molecule has 1 amide bonds. The summed E-state index contributed by atoms with van der Waals surface area (Å²) in [5, 5.41) is 3.99. The van der Waals surface area contributed by atoms with E-state index in [1.807, 2.05) is 24.4 Å². The first-order chi connectivity index (χ1) is 13.6. The van der Waals surface area contributed by atoms with Gasteiger partial charge in [-0.15, -0.1) is 0 Å². The third-order valence-corrected chi connectivity index (χ3v) is 5.24. The molecule has 1 aliphatic rings. The number of hydrogen-bond acceptors (Lipinski definition) is 4. The number of amides is 1. The molecule has 1 heterocycles. The molecule has 0 atom stereocenters. The van der Waals surface area contributed by atoms with E-state index in [-0.39, 0.29) is 11.9 Å². The summed E-state index contributed by atoms with van der Waals surface area (Å²) in [4.78, 5) is 28.1. The molecular weight excluding hydrogens is 356 g/mol. The lowest BCUT2D eigenvalue weighted by molar-refractivity contribution is -0.118. The summed E-state index contributed by atoms with van der Waals surface area (Å²) in [5.74, 6) is 0.353. The maximum atomic E-state index is 13.1. The number of carbonyl (C=O) groups excluding carboxylic acids is 2. The molecular formula is C22H22N2O4. The topological polar surface area (TPSA) is 80.4 Å². The van der Waals surface area contributed by atoms with Crippen molar-refractivity contribution in [2.24, 2.45) is 0 Å². The number of fused-ring (bicyclic) bond motifs is 1. The predicted octanol–water partition coefficient (Wildman–Crippen LogP) is 4.02. The van der Waals surface area contributed by atoms with Crippen LogP contribution in [0.4, 0.5) is 5.69 Å². The summed E-state index contributed by atoms with van der Waals surface area (Å²) >= 11 is 0. The van der Waals surface area contributed by atoms with Crippen LogP contribution in [0.1, 0.15) is 35.7 Å². The van der Waals surface area contributed by atoms with Crippen LogP contribution < -0.4 is 10.1 Å². The zero-order valence-electron chi connectivity index (χ0n) is 15.9. The van der Waals surface area contributed by atoms with Crippen LogP contribution in [0.5, 0.6) is 5.75 Å². The fourth-order valence-electron chi connectivity index (χ4n) is 3.52. The van der Waals surface area contributed by atoms with Crippen LogP contribution in [0.15, 0.2) is 48.7 Å². The molecule has 6 heteroatoms. The Kier molecular flexibility index (Phi) is 4.55. The number of carbonyl (C=O) groups is 2. The van der Waals surface area contributed by atoms with E-state index in [9.17, 15) is 9.59 Å². The normalized spacial score (nSPS) is 14.5.